The van der Waals surface area contributed by atoms with Crippen molar-refractivity contribution in [1.29, 1.82) is 0 Å². The van der Waals surface area contributed by atoms with Crippen LogP contribution in [0.3, 0.4) is 0 Å². The molecule has 0 spiro atoms. The number of rotatable bonds is 5. The van der Waals surface area contributed by atoms with Crippen molar-refractivity contribution in [2.45, 2.75) is 50.7 Å². The molecule has 0 aromatic rings. The summed E-state index contributed by atoms with van der Waals surface area (Å²) in [5.74, 6) is -0.898. The molecular formula is C12H19F3N2O2S. The van der Waals surface area contributed by atoms with E-state index < -0.39 is 17.1 Å². The maximum absolute atomic E-state index is 12.3. The minimum Gasteiger partial charge on any atom is -0.340 e. The molecular weight excluding hydrogens is 293 g/mol. The molecule has 0 aliphatic carbocycles. The summed E-state index contributed by atoms with van der Waals surface area (Å²) >= 11 is -0.175. The Balaban J connectivity index is 2.78. The molecule has 1 atom stereocenters. The molecule has 1 aliphatic rings. The first-order valence-corrected chi connectivity index (χ1v) is 7.41. The van der Waals surface area contributed by atoms with Gasteiger partial charge in [0.25, 0.3) is 0 Å². The fraction of sp³-hybridized carbons (Fsp3) is 0.833. The fourth-order valence-corrected chi connectivity index (χ4v) is 2.68. The van der Waals surface area contributed by atoms with E-state index in [1.165, 1.54) is 4.90 Å². The lowest BCUT2D eigenvalue weighted by Gasteiger charge is -2.42. The molecule has 0 saturated carbocycles. The Bertz CT molecular complexity index is 385. The molecule has 1 aliphatic heterocycles. The Labute approximate surface area is 120 Å². The first-order chi connectivity index (χ1) is 9.08. The average Bonchev–Trinajstić information content (AvgIpc) is 2.28. The molecule has 1 N–H and O–H groups in total. The van der Waals surface area contributed by atoms with E-state index in [4.69, 9.17) is 0 Å². The second-order valence-corrected chi connectivity index (χ2v) is 6.37. The number of alkyl halides is 3. The van der Waals surface area contributed by atoms with Gasteiger partial charge in [-0.1, -0.05) is 13.3 Å². The third kappa shape index (κ3) is 4.29. The molecule has 0 aromatic heterocycles. The number of piperazine rings is 1. The SMILES string of the molecule is CCCC1C(=O)NC(C)(C)C(=O)N1CCSC(F)(F)F. The Morgan fingerprint density at radius 3 is 2.45 bits per heavy atom. The fourth-order valence-electron chi connectivity index (χ4n) is 2.16. The normalized spacial score (nSPS) is 22.9. The number of hydrogen-bond donors (Lipinski definition) is 1. The Morgan fingerprint density at radius 1 is 1.35 bits per heavy atom. The van der Waals surface area contributed by atoms with Crippen molar-refractivity contribution < 1.29 is 22.8 Å². The zero-order chi connectivity index (χ0) is 15.6. The first kappa shape index (κ1) is 17.1. The molecule has 116 valence electrons. The zero-order valence-electron chi connectivity index (χ0n) is 11.7. The van der Waals surface area contributed by atoms with Crippen molar-refractivity contribution in [3.63, 3.8) is 0 Å². The molecule has 1 unspecified atom stereocenters. The molecule has 1 saturated heterocycles. The van der Waals surface area contributed by atoms with Crippen LogP contribution in [0.25, 0.3) is 0 Å². The standard InChI is InChI=1S/C12H19F3N2O2S/c1-4-5-8-9(18)16-11(2,3)10(19)17(8)6-7-20-12(13,14)15/h8H,4-7H2,1-3H3,(H,16,18). The Kier molecular flexibility index (Phi) is 5.34. The minimum absolute atomic E-state index is 0.0788. The van der Waals surface area contributed by atoms with Gasteiger partial charge in [0.05, 0.1) is 0 Å². The van der Waals surface area contributed by atoms with Crippen LogP contribution in [0.5, 0.6) is 0 Å². The average molecular weight is 312 g/mol. The topological polar surface area (TPSA) is 49.4 Å². The van der Waals surface area contributed by atoms with Gasteiger partial charge in [-0.2, -0.15) is 13.2 Å². The largest absolute Gasteiger partial charge is 0.441 e. The summed E-state index contributed by atoms with van der Waals surface area (Å²) in [4.78, 5) is 25.5. The number of thioether (sulfide) groups is 1. The zero-order valence-corrected chi connectivity index (χ0v) is 12.5. The predicted octanol–water partition coefficient (Wildman–Crippen LogP) is 2.15. The van der Waals surface area contributed by atoms with Gasteiger partial charge in [-0.25, -0.2) is 0 Å². The minimum atomic E-state index is -4.32. The molecule has 1 rings (SSSR count). The van der Waals surface area contributed by atoms with E-state index in [9.17, 15) is 22.8 Å². The van der Waals surface area contributed by atoms with E-state index in [0.29, 0.717) is 12.8 Å². The number of carbonyl (C=O) groups is 2. The van der Waals surface area contributed by atoms with E-state index in [2.05, 4.69) is 5.32 Å². The number of hydrogen-bond acceptors (Lipinski definition) is 3. The summed E-state index contributed by atoms with van der Waals surface area (Å²) in [5.41, 5.74) is -5.39. The maximum Gasteiger partial charge on any atom is 0.441 e. The van der Waals surface area contributed by atoms with Crippen molar-refractivity contribution in [1.82, 2.24) is 10.2 Å². The second-order valence-electron chi connectivity index (χ2n) is 5.21. The molecule has 8 heteroatoms. The number of carbonyl (C=O) groups excluding carboxylic acids is 2. The van der Waals surface area contributed by atoms with Crippen LogP contribution < -0.4 is 5.32 Å². The maximum atomic E-state index is 12.3. The molecule has 1 heterocycles. The smallest absolute Gasteiger partial charge is 0.340 e. The van der Waals surface area contributed by atoms with Crippen molar-refractivity contribution in [3.8, 4) is 0 Å². The Hall–Kier alpha value is -0.920. The lowest BCUT2D eigenvalue weighted by atomic mass is 9.95. The number of amides is 2. The van der Waals surface area contributed by atoms with Crippen LogP contribution in [0.4, 0.5) is 13.2 Å². The van der Waals surface area contributed by atoms with E-state index in [0.717, 1.165) is 0 Å². The molecule has 0 bridgehead atoms. The summed E-state index contributed by atoms with van der Waals surface area (Å²) in [7, 11) is 0. The summed E-state index contributed by atoms with van der Waals surface area (Å²) in [5, 5.41) is 2.62. The highest BCUT2D eigenvalue weighted by Gasteiger charge is 2.44. The molecule has 2 amide bonds. The van der Waals surface area contributed by atoms with Crippen LogP contribution in [0, 0.1) is 0 Å². The van der Waals surface area contributed by atoms with E-state index in [-0.39, 0.29) is 35.9 Å². The quantitative estimate of drug-likeness (QED) is 0.846. The third-order valence-corrected chi connectivity index (χ3v) is 3.78. The van der Waals surface area contributed by atoms with Gasteiger partial charge in [-0.05, 0) is 32.0 Å². The van der Waals surface area contributed by atoms with Gasteiger partial charge in [0, 0.05) is 12.3 Å². The van der Waals surface area contributed by atoms with Crippen molar-refractivity contribution in [2.24, 2.45) is 0 Å². The molecule has 4 nitrogen and oxygen atoms in total. The van der Waals surface area contributed by atoms with Crippen molar-refractivity contribution in [2.75, 3.05) is 12.3 Å². The monoisotopic (exact) mass is 312 g/mol. The van der Waals surface area contributed by atoms with Gasteiger partial charge in [0.1, 0.15) is 11.6 Å². The third-order valence-electron chi connectivity index (χ3n) is 3.07. The Morgan fingerprint density at radius 2 is 1.95 bits per heavy atom. The van der Waals surface area contributed by atoms with E-state index in [1.807, 2.05) is 6.92 Å². The molecule has 0 aromatic carbocycles. The van der Waals surface area contributed by atoms with Crippen LogP contribution >= 0.6 is 11.8 Å². The summed E-state index contributed by atoms with van der Waals surface area (Å²) in [6.07, 6.45) is 1.12. The summed E-state index contributed by atoms with van der Waals surface area (Å²) in [6, 6.07) is -0.672. The van der Waals surface area contributed by atoms with Crippen molar-refractivity contribution >= 4 is 23.6 Å². The van der Waals surface area contributed by atoms with Crippen LogP contribution in [-0.2, 0) is 9.59 Å². The molecule has 0 radical (unpaired) electrons. The van der Waals surface area contributed by atoms with Crippen LogP contribution in [0.15, 0.2) is 0 Å². The second kappa shape index (κ2) is 6.24. The van der Waals surface area contributed by atoms with Crippen LogP contribution in [0.1, 0.15) is 33.6 Å². The number of halogens is 3. The predicted molar refractivity (Wildman–Crippen MR) is 71.1 cm³/mol. The summed E-state index contributed by atoms with van der Waals surface area (Å²) in [6.45, 7) is 4.89. The van der Waals surface area contributed by atoms with Gasteiger partial charge < -0.3 is 10.2 Å². The molecule has 1 fully saturated rings. The van der Waals surface area contributed by atoms with Gasteiger partial charge in [0.2, 0.25) is 11.8 Å². The van der Waals surface area contributed by atoms with Crippen LogP contribution in [-0.4, -0.2) is 46.1 Å². The highest BCUT2D eigenvalue weighted by molar-refractivity contribution is 8.00. The number of nitrogens with one attached hydrogen (secondary N) is 1. The lowest BCUT2D eigenvalue weighted by Crippen LogP contribution is -2.68. The van der Waals surface area contributed by atoms with Crippen LogP contribution in [0.2, 0.25) is 0 Å². The van der Waals surface area contributed by atoms with E-state index in [1.54, 1.807) is 13.8 Å². The van der Waals surface area contributed by atoms with Gasteiger partial charge in [-0.15, -0.1) is 0 Å². The molecule has 20 heavy (non-hydrogen) atoms. The van der Waals surface area contributed by atoms with Crippen molar-refractivity contribution in [3.05, 3.63) is 0 Å². The highest BCUT2D eigenvalue weighted by Crippen LogP contribution is 2.30. The first-order valence-electron chi connectivity index (χ1n) is 6.42. The number of nitrogens with zero attached hydrogens (tertiary/aromatic N) is 1. The van der Waals surface area contributed by atoms with Gasteiger partial charge in [-0.3, -0.25) is 9.59 Å². The van der Waals surface area contributed by atoms with Gasteiger partial charge in [0.15, 0.2) is 0 Å². The van der Waals surface area contributed by atoms with Gasteiger partial charge >= 0.3 is 5.51 Å². The lowest BCUT2D eigenvalue weighted by molar-refractivity contribution is -0.153. The van der Waals surface area contributed by atoms with E-state index >= 15 is 0 Å². The summed E-state index contributed by atoms with van der Waals surface area (Å²) < 4.78 is 36.5. The highest BCUT2D eigenvalue weighted by atomic mass is 32.2.